The van der Waals surface area contributed by atoms with Gasteiger partial charge in [0.25, 0.3) is 0 Å². The first-order valence-corrected chi connectivity index (χ1v) is 7.78. The highest BCUT2D eigenvalue weighted by molar-refractivity contribution is 9.08. The molecule has 0 amide bonds. The molecule has 2 heterocycles. The number of aromatic nitrogens is 2. The van der Waals surface area contributed by atoms with Crippen molar-refractivity contribution in [3.05, 3.63) is 30.1 Å². The number of pyridine rings is 1. The standard InChI is InChI=1S/C14H20BrN3O/c1-3-17(9-10-19-4-2)14-12(11-15)18-8-6-5-7-13(18)16-14/h5-8H,3-4,9-11H2,1-2H3. The second-order valence-corrected chi connectivity index (χ2v) is 4.78. The average Bonchev–Trinajstić information content (AvgIpc) is 2.82. The summed E-state index contributed by atoms with van der Waals surface area (Å²) in [4.78, 5) is 7.00. The van der Waals surface area contributed by atoms with Crippen LogP contribution >= 0.6 is 15.9 Å². The SMILES string of the molecule is CCOCCN(CC)c1nc2ccccn2c1CBr. The number of ether oxygens (including phenoxy) is 1. The van der Waals surface area contributed by atoms with E-state index in [0.29, 0.717) is 0 Å². The summed E-state index contributed by atoms with van der Waals surface area (Å²) >= 11 is 3.57. The van der Waals surface area contributed by atoms with Gasteiger partial charge in [0.15, 0.2) is 5.82 Å². The van der Waals surface area contributed by atoms with Gasteiger partial charge in [0.05, 0.1) is 12.3 Å². The van der Waals surface area contributed by atoms with Gasteiger partial charge in [-0.3, -0.25) is 0 Å². The van der Waals surface area contributed by atoms with Gasteiger partial charge in [-0.25, -0.2) is 4.98 Å². The van der Waals surface area contributed by atoms with Gasteiger partial charge in [0, 0.05) is 31.2 Å². The Labute approximate surface area is 122 Å². The molecule has 0 radical (unpaired) electrons. The molecule has 0 aliphatic rings. The van der Waals surface area contributed by atoms with Gasteiger partial charge >= 0.3 is 0 Å². The topological polar surface area (TPSA) is 29.8 Å². The van der Waals surface area contributed by atoms with Gasteiger partial charge in [0.2, 0.25) is 0 Å². The van der Waals surface area contributed by atoms with E-state index in [2.05, 4.69) is 38.4 Å². The molecule has 0 N–H and O–H groups in total. The third-order valence-corrected chi connectivity index (χ3v) is 3.66. The van der Waals surface area contributed by atoms with E-state index in [9.17, 15) is 0 Å². The fraction of sp³-hybridized carbons (Fsp3) is 0.500. The number of hydrogen-bond acceptors (Lipinski definition) is 3. The quantitative estimate of drug-likeness (QED) is 0.578. The summed E-state index contributed by atoms with van der Waals surface area (Å²) in [6.45, 7) is 7.46. The molecule has 5 heteroatoms. The fourth-order valence-corrected chi connectivity index (χ4v) is 2.67. The Morgan fingerprint density at radius 1 is 1.37 bits per heavy atom. The Kier molecular flexibility index (Phi) is 5.22. The van der Waals surface area contributed by atoms with Crippen LogP contribution in [0.25, 0.3) is 5.65 Å². The van der Waals surface area contributed by atoms with Gasteiger partial charge < -0.3 is 14.0 Å². The molecule has 0 saturated carbocycles. The summed E-state index contributed by atoms with van der Waals surface area (Å²) in [5, 5.41) is 0.790. The van der Waals surface area contributed by atoms with E-state index in [1.807, 2.05) is 25.1 Å². The molecular formula is C14H20BrN3O. The maximum Gasteiger partial charge on any atom is 0.152 e. The third-order valence-electron chi connectivity index (χ3n) is 3.13. The Morgan fingerprint density at radius 2 is 2.21 bits per heavy atom. The molecular weight excluding hydrogens is 306 g/mol. The molecule has 0 spiro atoms. The Morgan fingerprint density at radius 3 is 2.89 bits per heavy atom. The largest absolute Gasteiger partial charge is 0.380 e. The molecule has 2 aromatic heterocycles. The molecule has 0 aliphatic carbocycles. The maximum atomic E-state index is 5.45. The van der Waals surface area contributed by atoms with Crippen molar-refractivity contribution in [3.63, 3.8) is 0 Å². The van der Waals surface area contributed by atoms with Crippen molar-refractivity contribution >= 4 is 27.4 Å². The molecule has 19 heavy (non-hydrogen) atoms. The van der Waals surface area contributed by atoms with E-state index in [4.69, 9.17) is 9.72 Å². The summed E-state index contributed by atoms with van der Waals surface area (Å²) in [7, 11) is 0. The van der Waals surface area contributed by atoms with Crippen LogP contribution < -0.4 is 4.90 Å². The highest BCUT2D eigenvalue weighted by Gasteiger charge is 2.15. The van der Waals surface area contributed by atoms with E-state index < -0.39 is 0 Å². The summed E-state index contributed by atoms with van der Waals surface area (Å²) < 4.78 is 7.58. The number of alkyl halides is 1. The van der Waals surface area contributed by atoms with Crippen LogP contribution in [0.4, 0.5) is 5.82 Å². The second-order valence-electron chi connectivity index (χ2n) is 4.22. The lowest BCUT2D eigenvalue weighted by atomic mass is 10.4. The first-order valence-electron chi connectivity index (χ1n) is 6.66. The minimum absolute atomic E-state index is 0.736. The van der Waals surface area contributed by atoms with E-state index in [0.717, 1.165) is 43.1 Å². The van der Waals surface area contributed by atoms with Gasteiger partial charge in [0.1, 0.15) is 5.65 Å². The lowest BCUT2D eigenvalue weighted by Gasteiger charge is -2.21. The van der Waals surface area contributed by atoms with Gasteiger partial charge in [-0.2, -0.15) is 0 Å². The van der Waals surface area contributed by atoms with E-state index >= 15 is 0 Å². The minimum Gasteiger partial charge on any atom is -0.380 e. The normalized spacial score (nSPS) is 11.1. The number of halogens is 1. The molecule has 0 aromatic carbocycles. The van der Waals surface area contributed by atoms with Crippen LogP contribution in [0.2, 0.25) is 0 Å². The first kappa shape index (κ1) is 14.3. The highest BCUT2D eigenvalue weighted by Crippen LogP contribution is 2.23. The van der Waals surface area contributed by atoms with Crippen LogP contribution in [0.5, 0.6) is 0 Å². The van der Waals surface area contributed by atoms with Crippen LogP contribution in [0.3, 0.4) is 0 Å². The molecule has 0 bridgehead atoms. The maximum absolute atomic E-state index is 5.45. The number of fused-ring (bicyclic) bond motifs is 1. The summed E-state index contributed by atoms with van der Waals surface area (Å²) in [6, 6.07) is 6.08. The minimum atomic E-state index is 0.736. The van der Waals surface area contributed by atoms with Crippen molar-refractivity contribution in [3.8, 4) is 0 Å². The number of hydrogen-bond donors (Lipinski definition) is 0. The highest BCUT2D eigenvalue weighted by atomic mass is 79.9. The van der Waals surface area contributed by atoms with E-state index in [-0.39, 0.29) is 0 Å². The first-order chi connectivity index (χ1) is 9.31. The number of imidazole rings is 1. The molecule has 104 valence electrons. The zero-order valence-electron chi connectivity index (χ0n) is 11.5. The number of nitrogens with zero attached hydrogens (tertiary/aromatic N) is 3. The van der Waals surface area contributed by atoms with Crippen molar-refractivity contribution in [2.75, 3.05) is 31.2 Å². The van der Waals surface area contributed by atoms with Gasteiger partial charge in [-0.15, -0.1) is 0 Å². The Hall–Kier alpha value is -1.07. The number of likely N-dealkylation sites (N-methyl/N-ethyl adjacent to an activating group) is 1. The second kappa shape index (κ2) is 6.91. The molecule has 0 aliphatic heterocycles. The number of anilines is 1. The summed E-state index contributed by atoms with van der Waals surface area (Å²) in [5.41, 5.74) is 2.18. The van der Waals surface area contributed by atoms with Gasteiger partial charge in [-0.1, -0.05) is 22.0 Å². The smallest absolute Gasteiger partial charge is 0.152 e. The van der Waals surface area contributed by atoms with Crippen LogP contribution in [-0.2, 0) is 10.1 Å². The molecule has 0 atom stereocenters. The molecule has 2 rings (SSSR count). The fourth-order valence-electron chi connectivity index (χ4n) is 2.14. The zero-order valence-corrected chi connectivity index (χ0v) is 13.1. The summed E-state index contributed by atoms with van der Waals surface area (Å²) in [6.07, 6.45) is 2.05. The molecule has 0 saturated heterocycles. The van der Waals surface area contributed by atoms with Crippen LogP contribution in [0.15, 0.2) is 24.4 Å². The average molecular weight is 326 g/mol. The van der Waals surface area contributed by atoms with Crippen LogP contribution in [0, 0.1) is 0 Å². The van der Waals surface area contributed by atoms with Crippen molar-refractivity contribution in [2.24, 2.45) is 0 Å². The van der Waals surface area contributed by atoms with Crippen molar-refractivity contribution in [1.82, 2.24) is 9.38 Å². The summed E-state index contributed by atoms with van der Waals surface area (Å²) in [5.74, 6) is 1.05. The predicted molar refractivity (Wildman–Crippen MR) is 82.2 cm³/mol. The Balaban J connectivity index is 2.30. The van der Waals surface area contributed by atoms with E-state index in [1.165, 1.54) is 5.69 Å². The van der Waals surface area contributed by atoms with Crippen molar-refractivity contribution in [1.29, 1.82) is 0 Å². The predicted octanol–water partition coefficient (Wildman–Crippen LogP) is 3.09. The molecule has 2 aromatic rings. The van der Waals surface area contributed by atoms with Crippen molar-refractivity contribution in [2.45, 2.75) is 19.2 Å². The van der Waals surface area contributed by atoms with Crippen LogP contribution in [0.1, 0.15) is 19.5 Å². The Bertz CT molecular complexity index is 526. The molecule has 4 nitrogen and oxygen atoms in total. The third kappa shape index (κ3) is 3.09. The van der Waals surface area contributed by atoms with Gasteiger partial charge in [-0.05, 0) is 26.0 Å². The lowest BCUT2D eigenvalue weighted by molar-refractivity contribution is 0.154. The zero-order chi connectivity index (χ0) is 13.7. The van der Waals surface area contributed by atoms with Crippen LogP contribution in [-0.4, -0.2) is 35.7 Å². The lowest BCUT2D eigenvalue weighted by Crippen LogP contribution is -2.28. The molecule has 0 fully saturated rings. The molecule has 0 unspecified atom stereocenters. The van der Waals surface area contributed by atoms with E-state index in [1.54, 1.807) is 0 Å². The van der Waals surface area contributed by atoms with Crippen molar-refractivity contribution < 1.29 is 4.74 Å². The monoisotopic (exact) mass is 325 g/mol. The number of rotatable bonds is 7.